The van der Waals surface area contributed by atoms with Crippen molar-refractivity contribution in [2.45, 2.75) is 230 Å². The molecular weight excluding hydrogens is 827 g/mol. The Hall–Kier alpha value is -2.24. The van der Waals surface area contributed by atoms with Gasteiger partial charge >= 0.3 is 10.4 Å². The molecule has 0 bridgehead atoms. The number of aliphatic hydroxyl groups is 5. The number of carbonyl (C=O) groups excluding carboxylic acids is 1. The minimum atomic E-state index is -5.13. The fraction of sp³-hybridized carbons (Fsp3) is 0.776. The summed E-state index contributed by atoms with van der Waals surface area (Å²) < 4.78 is 47.5. The second-order valence-corrected chi connectivity index (χ2v) is 17.9. The average molecular weight is 914 g/mol. The number of hydrogen-bond acceptors (Lipinski definition) is 11. The summed E-state index contributed by atoms with van der Waals surface area (Å²) in [5, 5.41) is 55.2. The van der Waals surface area contributed by atoms with Crippen LogP contribution in [0.2, 0.25) is 0 Å². The predicted octanol–water partition coefficient (Wildman–Crippen LogP) is 8.80. The van der Waals surface area contributed by atoms with E-state index >= 15 is 0 Å². The molecule has 1 rings (SSSR count). The SMILES string of the molecule is CCCCC/C=C\C=C/CCCCCCCC(O)C(=O)NC(COC1OC(CO)C(O)C(OS(=O)(=O)O)C1O)C(O)/C=C/CC/C=C/CC/C=C/CCCCCCCCCCCC. The molecule has 8 unspecified atom stereocenters. The summed E-state index contributed by atoms with van der Waals surface area (Å²) in [5.74, 6) is -0.731. The Morgan fingerprint density at radius 2 is 1.11 bits per heavy atom. The quantitative estimate of drug-likeness (QED) is 0.0133. The van der Waals surface area contributed by atoms with Gasteiger partial charge in [0, 0.05) is 0 Å². The zero-order valence-corrected chi connectivity index (χ0v) is 39.5. The van der Waals surface area contributed by atoms with Crippen LogP contribution in [-0.2, 0) is 28.9 Å². The first-order valence-electron chi connectivity index (χ1n) is 24.3. The van der Waals surface area contributed by atoms with Crippen molar-refractivity contribution in [3.63, 3.8) is 0 Å². The van der Waals surface area contributed by atoms with Crippen LogP contribution < -0.4 is 5.32 Å². The molecule has 13 nitrogen and oxygen atoms in total. The molecule has 63 heavy (non-hydrogen) atoms. The van der Waals surface area contributed by atoms with E-state index < -0.39 is 78.5 Å². The minimum absolute atomic E-state index is 0.213. The van der Waals surface area contributed by atoms with Crippen molar-refractivity contribution in [3.05, 3.63) is 60.8 Å². The summed E-state index contributed by atoms with van der Waals surface area (Å²) in [6.45, 7) is 3.15. The molecule has 1 aliphatic rings. The molecule has 7 N–H and O–H groups in total. The van der Waals surface area contributed by atoms with Gasteiger partial charge in [-0.1, -0.05) is 171 Å². The molecule has 14 heteroatoms. The highest BCUT2D eigenvalue weighted by molar-refractivity contribution is 7.80. The molecule has 1 fully saturated rings. The van der Waals surface area contributed by atoms with E-state index in [4.69, 9.17) is 9.47 Å². The maximum Gasteiger partial charge on any atom is 0.397 e. The van der Waals surface area contributed by atoms with E-state index in [1.54, 1.807) is 6.08 Å². The normalized spacial score (nSPS) is 21.4. The van der Waals surface area contributed by atoms with Gasteiger partial charge in [-0.3, -0.25) is 9.35 Å². The summed E-state index contributed by atoms with van der Waals surface area (Å²) in [6.07, 6.45) is 37.3. The van der Waals surface area contributed by atoms with Crippen LogP contribution in [0.25, 0.3) is 0 Å². The second kappa shape index (κ2) is 39.0. The first kappa shape index (κ1) is 58.8. The van der Waals surface area contributed by atoms with E-state index in [1.165, 1.54) is 89.5 Å². The van der Waals surface area contributed by atoms with Crippen LogP contribution in [0, 0.1) is 0 Å². The lowest BCUT2D eigenvalue weighted by Gasteiger charge is -2.41. The highest BCUT2D eigenvalue weighted by Crippen LogP contribution is 2.26. The van der Waals surface area contributed by atoms with E-state index in [0.29, 0.717) is 12.8 Å². The van der Waals surface area contributed by atoms with Crippen LogP contribution >= 0.6 is 0 Å². The lowest BCUT2D eigenvalue weighted by atomic mass is 9.99. The van der Waals surface area contributed by atoms with Crippen molar-refractivity contribution >= 4 is 16.3 Å². The highest BCUT2D eigenvalue weighted by atomic mass is 32.3. The maximum absolute atomic E-state index is 13.1. The molecule has 1 heterocycles. The molecule has 0 aromatic carbocycles. The Morgan fingerprint density at radius 3 is 1.65 bits per heavy atom. The Kier molecular flexibility index (Phi) is 36.4. The summed E-state index contributed by atoms with van der Waals surface area (Å²) in [7, 11) is -5.13. The fourth-order valence-corrected chi connectivity index (χ4v) is 7.76. The Bertz CT molecular complexity index is 1370. The van der Waals surface area contributed by atoms with Crippen LogP contribution in [-0.4, -0.2) is 107 Å². The topological polar surface area (TPSA) is 212 Å². The Balaban J connectivity index is 2.61. The molecule has 0 radical (unpaired) electrons. The van der Waals surface area contributed by atoms with Crippen LogP contribution in [0.15, 0.2) is 60.8 Å². The monoisotopic (exact) mass is 914 g/mol. The summed E-state index contributed by atoms with van der Waals surface area (Å²) in [6, 6.07) is -1.15. The lowest BCUT2D eigenvalue weighted by molar-refractivity contribution is -0.298. The second-order valence-electron chi connectivity index (χ2n) is 16.8. The molecule has 0 saturated carbocycles. The Morgan fingerprint density at radius 1 is 0.651 bits per heavy atom. The smallest absolute Gasteiger partial charge is 0.394 e. The minimum Gasteiger partial charge on any atom is -0.394 e. The van der Waals surface area contributed by atoms with Gasteiger partial charge in [0.25, 0.3) is 0 Å². The molecule has 1 aliphatic heterocycles. The highest BCUT2D eigenvalue weighted by Gasteiger charge is 2.48. The van der Waals surface area contributed by atoms with Crippen molar-refractivity contribution in [1.29, 1.82) is 0 Å². The molecule has 0 aliphatic carbocycles. The number of rotatable bonds is 40. The van der Waals surface area contributed by atoms with Crippen LogP contribution in [0.3, 0.4) is 0 Å². The van der Waals surface area contributed by atoms with Crippen LogP contribution in [0.5, 0.6) is 0 Å². The van der Waals surface area contributed by atoms with Gasteiger partial charge in [0.05, 0.1) is 25.4 Å². The average Bonchev–Trinajstić information content (AvgIpc) is 3.25. The van der Waals surface area contributed by atoms with Crippen LogP contribution in [0.4, 0.5) is 0 Å². The zero-order valence-electron chi connectivity index (χ0n) is 38.7. The summed E-state index contributed by atoms with van der Waals surface area (Å²) in [4.78, 5) is 13.1. The van der Waals surface area contributed by atoms with Crippen molar-refractivity contribution in [3.8, 4) is 0 Å². The molecular formula is C49H87NO12S. The van der Waals surface area contributed by atoms with Gasteiger partial charge in [-0.2, -0.15) is 8.42 Å². The Labute approximate surface area is 381 Å². The lowest BCUT2D eigenvalue weighted by Crippen LogP contribution is -2.61. The van der Waals surface area contributed by atoms with Gasteiger partial charge in [-0.25, -0.2) is 4.18 Å². The maximum atomic E-state index is 13.1. The van der Waals surface area contributed by atoms with Crippen molar-refractivity contribution in [2.24, 2.45) is 0 Å². The van der Waals surface area contributed by atoms with Gasteiger partial charge in [0.1, 0.15) is 30.5 Å². The van der Waals surface area contributed by atoms with Gasteiger partial charge in [0.2, 0.25) is 5.91 Å². The number of carbonyl (C=O) groups is 1. The molecule has 0 aromatic heterocycles. The third-order valence-corrected chi connectivity index (χ3v) is 11.6. The third-order valence-electron chi connectivity index (χ3n) is 11.1. The molecule has 0 spiro atoms. The molecule has 8 atom stereocenters. The van der Waals surface area contributed by atoms with Crippen LogP contribution in [0.1, 0.15) is 181 Å². The standard InChI is InChI=1S/C49H87NO12S/c1-3-5-7-9-11-13-15-17-19-20-21-22-23-24-26-27-29-31-33-35-37-42(52)41(40-60-49-46(55)47(62-63(57,58)59)45(54)44(39-51)61-49)50-48(56)43(53)38-36-34-32-30-28-25-18-16-14-12-10-8-6-4-2/h12,14,16,18,22-23,27,29,35,37,41-47,49,51-55H,3-11,13,15,17,19-21,24-26,28,30-34,36,38-40H2,1-2H3,(H,50,56)(H,57,58,59)/b14-12-,18-16-,23-22+,29-27+,37-35+. The van der Waals surface area contributed by atoms with E-state index in [-0.39, 0.29) is 6.42 Å². The van der Waals surface area contributed by atoms with Gasteiger partial charge in [-0.05, 0) is 70.6 Å². The summed E-state index contributed by atoms with van der Waals surface area (Å²) >= 11 is 0. The number of ether oxygens (including phenoxy) is 2. The van der Waals surface area contributed by atoms with Crippen molar-refractivity contribution < 1.29 is 57.0 Å². The summed E-state index contributed by atoms with van der Waals surface area (Å²) in [5.41, 5.74) is 0. The number of hydrogen-bond donors (Lipinski definition) is 7. The molecule has 0 aromatic rings. The van der Waals surface area contributed by atoms with Gasteiger partial charge in [-0.15, -0.1) is 0 Å². The van der Waals surface area contributed by atoms with E-state index in [1.807, 2.05) is 0 Å². The van der Waals surface area contributed by atoms with Gasteiger partial charge in [0.15, 0.2) is 6.29 Å². The first-order valence-corrected chi connectivity index (χ1v) is 25.7. The fourth-order valence-electron chi connectivity index (χ4n) is 7.25. The van der Waals surface area contributed by atoms with Gasteiger partial charge < -0.3 is 40.3 Å². The third kappa shape index (κ3) is 31.3. The van der Waals surface area contributed by atoms with E-state index in [2.05, 4.69) is 72.0 Å². The van der Waals surface area contributed by atoms with E-state index in [0.717, 1.165) is 64.2 Å². The number of nitrogens with one attached hydrogen (secondary N) is 1. The predicted molar refractivity (Wildman–Crippen MR) is 251 cm³/mol. The molecule has 1 saturated heterocycles. The number of allylic oxidation sites excluding steroid dienone is 9. The number of aliphatic hydroxyl groups excluding tert-OH is 5. The zero-order chi connectivity index (χ0) is 46.4. The molecule has 1 amide bonds. The number of unbranched alkanes of at least 4 members (excludes halogenated alkanes) is 20. The van der Waals surface area contributed by atoms with Crippen molar-refractivity contribution in [2.75, 3.05) is 13.2 Å². The first-order chi connectivity index (χ1) is 30.4. The largest absolute Gasteiger partial charge is 0.397 e. The molecule has 366 valence electrons. The van der Waals surface area contributed by atoms with E-state index in [9.17, 15) is 43.3 Å². The van der Waals surface area contributed by atoms with Crippen molar-refractivity contribution in [1.82, 2.24) is 5.32 Å². The number of amides is 1.